The van der Waals surface area contributed by atoms with Crippen molar-refractivity contribution in [2.75, 3.05) is 12.5 Å². The summed E-state index contributed by atoms with van der Waals surface area (Å²) < 4.78 is 10.8. The lowest BCUT2D eigenvalue weighted by atomic mass is 10.0. The predicted octanol–water partition coefficient (Wildman–Crippen LogP) is -0.312. The van der Waals surface area contributed by atoms with E-state index in [1.54, 1.807) is 0 Å². The average Bonchev–Trinajstić information content (AvgIpc) is 2.00. The number of aliphatic hydroxyl groups excluding tert-OH is 1. The van der Waals surface area contributed by atoms with Crippen LogP contribution in [0.5, 0.6) is 0 Å². The fraction of sp³-hybridized carbons (Fsp3) is 0.833. The minimum absolute atomic E-state index is 0.126. The SMILES string of the molecule is CC(N)(CC[PH](=O)CO)C(=O)O. The maximum atomic E-state index is 10.8. The molecule has 12 heavy (non-hydrogen) atoms. The lowest BCUT2D eigenvalue weighted by Gasteiger charge is -2.17. The first-order chi connectivity index (χ1) is 5.40. The molecule has 5 nitrogen and oxygen atoms in total. The predicted molar refractivity (Wildman–Crippen MR) is 45.8 cm³/mol. The molecule has 2 unspecified atom stereocenters. The number of aliphatic carboxylic acids is 1. The summed E-state index contributed by atoms with van der Waals surface area (Å²) in [5.41, 5.74) is 4.02. The number of carbonyl (C=O) groups is 1. The molecular weight excluding hydrogens is 181 g/mol. The zero-order valence-corrected chi connectivity index (χ0v) is 7.91. The van der Waals surface area contributed by atoms with Crippen LogP contribution in [-0.2, 0) is 9.36 Å². The molecule has 0 heterocycles. The molecule has 0 aromatic carbocycles. The zero-order chi connectivity index (χ0) is 9.78. The van der Waals surface area contributed by atoms with Gasteiger partial charge in [0.2, 0.25) is 0 Å². The number of nitrogens with two attached hydrogens (primary N) is 1. The highest BCUT2D eigenvalue weighted by Gasteiger charge is 2.27. The van der Waals surface area contributed by atoms with Crippen LogP contribution in [0.15, 0.2) is 0 Å². The van der Waals surface area contributed by atoms with Crippen molar-refractivity contribution in [2.24, 2.45) is 5.73 Å². The second kappa shape index (κ2) is 4.60. The highest BCUT2D eigenvalue weighted by Crippen LogP contribution is 2.22. The van der Waals surface area contributed by atoms with Gasteiger partial charge < -0.3 is 20.5 Å². The number of hydrogen-bond acceptors (Lipinski definition) is 4. The summed E-state index contributed by atoms with van der Waals surface area (Å²) in [5, 5.41) is 17.0. The normalized spacial score (nSPS) is 18.2. The summed E-state index contributed by atoms with van der Waals surface area (Å²) in [6, 6.07) is 0. The molecule has 0 aliphatic rings. The van der Waals surface area contributed by atoms with Gasteiger partial charge in [0.25, 0.3) is 0 Å². The molecular formula is C6H14NO4P. The summed E-state index contributed by atoms with van der Waals surface area (Å²) in [6.45, 7) is 1.36. The molecule has 0 radical (unpaired) electrons. The first-order valence-electron chi connectivity index (χ1n) is 3.55. The molecule has 4 N–H and O–H groups in total. The van der Waals surface area contributed by atoms with Crippen molar-refractivity contribution in [1.29, 1.82) is 0 Å². The Bertz CT molecular complexity index is 192. The minimum Gasteiger partial charge on any atom is -0.480 e. The molecule has 72 valence electrons. The molecule has 0 amide bonds. The van der Waals surface area contributed by atoms with Crippen LogP contribution in [0.3, 0.4) is 0 Å². The van der Waals surface area contributed by atoms with Crippen LogP contribution < -0.4 is 5.73 Å². The van der Waals surface area contributed by atoms with Gasteiger partial charge in [0.05, 0.1) is 6.35 Å². The fourth-order valence-electron chi connectivity index (χ4n) is 0.585. The third kappa shape index (κ3) is 3.85. The van der Waals surface area contributed by atoms with Crippen LogP contribution in [0.25, 0.3) is 0 Å². The van der Waals surface area contributed by atoms with E-state index in [0.717, 1.165) is 0 Å². The smallest absolute Gasteiger partial charge is 0.323 e. The van der Waals surface area contributed by atoms with Crippen molar-refractivity contribution in [1.82, 2.24) is 0 Å². The molecule has 0 bridgehead atoms. The van der Waals surface area contributed by atoms with E-state index in [-0.39, 0.29) is 18.9 Å². The quantitative estimate of drug-likeness (QED) is 0.522. The van der Waals surface area contributed by atoms with E-state index in [0.29, 0.717) is 0 Å². The highest BCUT2D eigenvalue weighted by molar-refractivity contribution is 7.44. The van der Waals surface area contributed by atoms with Crippen molar-refractivity contribution in [3.8, 4) is 0 Å². The van der Waals surface area contributed by atoms with E-state index in [9.17, 15) is 9.36 Å². The summed E-state index contributed by atoms with van der Waals surface area (Å²) in [4.78, 5) is 10.4. The molecule has 0 aromatic heterocycles. The molecule has 0 aliphatic heterocycles. The van der Waals surface area contributed by atoms with Gasteiger partial charge in [-0.15, -0.1) is 0 Å². The standard InChI is InChI=1S/C6H14NO4P/c1-6(7,5(9)10)2-3-12(11)4-8/h8,12H,2-4,7H2,1H3,(H,9,10). The van der Waals surface area contributed by atoms with Crippen LogP contribution >= 0.6 is 7.80 Å². The van der Waals surface area contributed by atoms with E-state index >= 15 is 0 Å². The van der Waals surface area contributed by atoms with Gasteiger partial charge in [0, 0.05) is 6.16 Å². The van der Waals surface area contributed by atoms with Gasteiger partial charge in [-0.2, -0.15) is 0 Å². The number of aliphatic hydroxyl groups is 1. The van der Waals surface area contributed by atoms with Crippen LogP contribution in [0, 0.1) is 0 Å². The van der Waals surface area contributed by atoms with Crippen LogP contribution in [0.1, 0.15) is 13.3 Å². The van der Waals surface area contributed by atoms with Crippen molar-refractivity contribution in [3.05, 3.63) is 0 Å². The molecule has 0 aromatic rings. The van der Waals surface area contributed by atoms with Gasteiger partial charge >= 0.3 is 5.97 Å². The Kier molecular flexibility index (Phi) is 4.45. The van der Waals surface area contributed by atoms with E-state index in [1.165, 1.54) is 6.92 Å². The first-order valence-corrected chi connectivity index (χ1v) is 5.37. The molecule has 0 aliphatic carbocycles. The summed E-state index contributed by atoms with van der Waals surface area (Å²) in [7, 11) is -2.03. The first kappa shape index (κ1) is 11.6. The monoisotopic (exact) mass is 195 g/mol. The molecule has 0 saturated heterocycles. The molecule has 2 atom stereocenters. The Morgan fingerprint density at radius 1 is 1.67 bits per heavy atom. The number of hydrogen-bond donors (Lipinski definition) is 3. The molecule has 0 rings (SSSR count). The molecule has 6 heteroatoms. The second-order valence-corrected chi connectivity index (χ2v) is 4.81. The highest BCUT2D eigenvalue weighted by atomic mass is 31.1. The number of rotatable bonds is 5. The van der Waals surface area contributed by atoms with Gasteiger partial charge in [0.15, 0.2) is 0 Å². The van der Waals surface area contributed by atoms with Crippen LogP contribution in [0.2, 0.25) is 0 Å². The topological polar surface area (TPSA) is 101 Å². The van der Waals surface area contributed by atoms with Gasteiger partial charge in [-0.1, -0.05) is 0 Å². The fourth-order valence-corrected chi connectivity index (χ4v) is 1.54. The van der Waals surface area contributed by atoms with Crippen LogP contribution in [-0.4, -0.2) is 34.2 Å². The van der Waals surface area contributed by atoms with E-state index < -0.39 is 19.3 Å². The molecule has 0 spiro atoms. The van der Waals surface area contributed by atoms with Crippen molar-refractivity contribution < 1.29 is 19.6 Å². The Balaban J connectivity index is 3.92. The van der Waals surface area contributed by atoms with Crippen LogP contribution in [0.4, 0.5) is 0 Å². The Hall–Kier alpha value is -0.380. The van der Waals surface area contributed by atoms with E-state index in [1.807, 2.05) is 0 Å². The summed E-state index contributed by atoms with van der Waals surface area (Å²) >= 11 is 0. The lowest BCUT2D eigenvalue weighted by molar-refractivity contribution is -0.142. The van der Waals surface area contributed by atoms with Gasteiger partial charge in [-0.25, -0.2) is 0 Å². The average molecular weight is 195 g/mol. The Morgan fingerprint density at radius 2 is 2.17 bits per heavy atom. The minimum atomic E-state index is -2.03. The van der Waals surface area contributed by atoms with E-state index in [2.05, 4.69) is 0 Å². The van der Waals surface area contributed by atoms with Gasteiger partial charge in [-0.3, -0.25) is 4.79 Å². The maximum absolute atomic E-state index is 10.8. The number of carboxylic acid groups (broad SMARTS) is 1. The largest absolute Gasteiger partial charge is 0.480 e. The Morgan fingerprint density at radius 3 is 2.50 bits per heavy atom. The van der Waals surface area contributed by atoms with Gasteiger partial charge in [0.1, 0.15) is 13.3 Å². The lowest BCUT2D eigenvalue weighted by Crippen LogP contribution is -2.45. The number of carboxylic acids is 1. The third-order valence-electron chi connectivity index (χ3n) is 1.59. The third-order valence-corrected chi connectivity index (χ3v) is 2.75. The molecule has 0 fully saturated rings. The van der Waals surface area contributed by atoms with Crippen molar-refractivity contribution in [3.63, 3.8) is 0 Å². The molecule has 0 saturated carbocycles. The second-order valence-electron chi connectivity index (χ2n) is 2.92. The van der Waals surface area contributed by atoms with Gasteiger partial charge in [-0.05, 0) is 13.3 Å². The van der Waals surface area contributed by atoms with Crippen molar-refractivity contribution >= 4 is 13.8 Å². The summed E-state index contributed by atoms with van der Waals surface area (Å²) in [5.74, 6) is -1.12. The summed E-state index contributed by atoms with van der Waals surface area (Å²) in [6.07, 6.45) is -0.0679. The maximum Gasteiger partial charge on any atom is 0.323 e. The van der Waals surface area contributed by atoms with Crippen molar-refractivity contribution in [2.45, 2.75) is 18.9 Å². The zero-order valence-electron chi connectivity index (χ0n) is 6.91. The Labute approximate surface area is 71.4 Å². The van der Waals surface area contributed by atoms with E-state index in [4.69, 9.17) is 15.9 Å².